The average Bonchev–Trinajstić information content (AvgIpc) is 2.68. The van der Waals surface area contributed by atoms with Crippen molar-refractivity contribution in [2.45, 2.75) is 6.54 Å². The molecule has 3 aromatic rings. The zero-order chi connectivity index (χ0) is 18.2. The van der Waals surface area contributed by atoms with Crippen molar-refractivity contribution in [2.24, 2.45) is 0 Å². The molecule has 0 N–H and O–H groups in total. The first-order valence-electron chi connectivity index (χ1n) is 8.43. The quantitative estimate of drug-likeness (QED) is 0.580. The van der Waals surface area contributed by atoms with Crippen LogP contribution in [0.3, 0.4) is 0 Å². The minimum atomic E-state index is -0.512. The number of rotatable bonds is 8. The van der Waals surface area contributed by atoms with E-state index in [0.29, 0.717) is 18.2 Å². The highest BCUT2D eigenvalue weighted by Gasteiger charge is 2.13. The Morgan fingerprint density at radius 2 is 1.73 bits per heavy atom. The maximum absolute atomic E-state index is 12.4. The second-order valence-electron chi connectivity index (χ2n) is 5.74. The molecule has 26 heavy (non-hydrogen) atoms. The summed E-state index contributed by atoms with van der Waals surface area (Å²) in [5.41, 5.74) is 1.83. The first-order valence-corrected chi connectivity index (χ1v) is 8.43. The van der Waals surface area contributed by atoms with Gasteiger partial charge in [-0.3, -0.25) is 0 Å². The van der Waals surface area contributed by atoms with Gasteiger partial charge in [0.15, 0.2) is 0 Å². The Morgan fingerprint density at radius 1 is 0.962 bits per heavy atom. The number of hydrogen-bond acceptors (Lipinski definition) is 4. The number of para-hydroxylation sites is 2. The van der Waals surface area contributed by atoms with Crippen LogP contribution in [0.5, 0.6) is 17.4 Å². The third-order valence-electron chi connectivity index (χ3n) is 3.83. The lowest BCUT2D eigenvalue weighted by molar-refractivity contribution is 0.271. The van der Waals surface area contributed by atoms with E-state index in [1.165, 1.54) is 0 Å². The molecule has 2 aromatic carbocycles. The van der Waals surface area contributed by atoms with E-state index in [1.54, 1.807) is 6.20 Å². The standard InChI is InChI=1S/C21H21FN2O2/c1-24(16-17-8-5-6-12-20(17)25-15-13-22)19-11-7-14-23-21(19)26-18-9-3-2-4-10-18/h2-12,14H,13,15-16H2,1H3. The van der Waals surface area contributed by atoms with E-state index >= 15 is 0 Å². The van der Waals surface area contributed by atoms with Gasteiger partial charge in [-0.25, -0.2) is 9.37 Å². The lowest BCUT2D eigenvalue weighted by atomic mass is 10.2. The van der Waals surface area contributed by atoms with Gasteiger partial charge in [0.05, 0.1) is 0 Å². The van der Waals surface area contributed by atoms with Gasteiger partial charge in [0.2, 0.25) is 5.88 Å². The molecule has 5 heteroatoms. The zero-order valence-corrected chi connectivity index (χ0v) is 14.6. The Bertz CT molecular complexity index is 827. The van der Waals surface area contributed by atoms with Crippen LogP contribution in [0.25, 0.3) is 0 Å². The molecular weight excluding hydrogens is 331 g/mol. The van der Waals surface area contributed by atoms with Crippen LogP contribution in [0.2, 0.25) is 0 Å². The molecule has 134 valence electrons. The Morgan fingerprint density at radius 3 is 2.54 bits per heavy atom. The first-order chi connectivity index (χ1) is 12.8. The van der Waals surface area contributed by atoms with Crippen LogP contribution in [0.4, 0.5) is 10.1 Å². The van der Waals surface area contributed by atoms with Crippen LogP contribution < -0.4 is 14.4 Å². The van der Waals surface area contributed by atoms with Crippen molar-refractivity contribution in [3.63, 3.8) is 0 Å². The van der Waals surface area contributed by atoms with E-state index < -0.39 is 6.67 Å². The summed E-state index contributed by atoms with van der Waals surface area (Å²) in [5.74, 6) is 1.95. The van der Waals surface area contributed by atoms with Gasteiger partial charge in [-0.05, 0) is 30.3 Å². The number of aromatic nitrogens is 1. The van der Waals surface area contributed by atoms with Crippen molar-refractivity contribution < 1.29 is 13.9 Å². The van der Waals surface area contributed by atoms with Crippen LogP contribution in [-0.4, -0.2) is 25.3 Å². The Hall–Kier alpha value is -3.08. The molecule has 0 saturated carbocycles. The van der Waals surface area contributed by atoms with Gasteiger partial charge in [0, 0.05) is 25.4 Å². The highest BCUT2D eigenvalue weighted by atomic mass is 19.1. The lowest BCUT2D eigenvalue weighted by Crippen LogP contribution is -2.18. The van der Waals surface area contributed by atoms with Gasteiger partial charge in [-0.15, -0.1) is 0 Å². The van der Waals surface area contributed by atoms with E-state index in [9.17, 15) is 4.39 Å². The van der Waals surface area contributed by atoms with Crippen molar-refractivity contribution in [1.29, 1.82) is 0 Å². The first kappa shape index (κ1) is 17.7. The normalized spacial score (nSPS) is 10.4. The second-order valence-corrected chi connectivity index (χ2v) is 5.74. The van der Waals surface area contributed by atoms with Crippen LogP contribution in [0, 0.1) is 0 Å². The molecule has 0 aliphatic heterocycles. The molecule has 0 amide bonds. The highest BCUT2D eigenvalue weighted by Crippen LogP contribution is 2.31. The Labute approximate surface area is 152 Å². The summed E-state index contributed by atoms with van der Waals surface area (Å²) < 4.78 is 23.9. The SMILES string of the molecule is CN(Cc1ccccc1OCCF)c1cccnc1Oc1ccccc1. The molecule has 0 radical (unpaired) electrons. The fourth-order valence-corrected chi connectivity index (χ4v) is 2.62. The third-order valence-corrected chi connectivity index (χ3v) is 3.83. The van der Waals surface area contributed by atoms with Crippen LogP contribution in [-0.2, 0) is 6.54 Å². The summed E-state index contributed by atoms with van der Waals surface area (Å²) >= 11 is 0. The van der Waals surface area contributed by atoms with Gasteiger partial charge >= 0.3 is 0 Å². The predicted octanol–water partition coefficient (Wildman–Crippen LogP) is 4.86. The predicted molar refractivity (Wildman–Crippen MR) is 101 cm³/mol. The van der Waals surface area contributed by atoms with Crippen LogP contribution in [0.1, 0.15) is 5.56 Å². The number of benzene rings is 2. The lowest BCUT2D eigenvalue weighted by Gasteiger charge is -2.22. The van der Waals surface area contributed by atoms with Crippen molar-refractivity contribution in [1.82, 2.24) is 4.98 Å². The highest BCUT2D eigenvalue weighted by molar-refractivity contribution is 5.56. The van der Waals surface area contributed by atoms with E-state index in [4.69, 9.17) is 9.47 Å². The molecular formula is C21H21FN2O2. The number of nitrogens with zero attached hydrogens (tertiary/aromatic N) is 2. The third kappa shape index (κ3) is 4.51. The van der Waals surface area contributed by atoms with E-state index in [-0.39, 0.29) is 6.61 Å². The minimum Gasteiger partial charge on any atom is -0.491 e. The number of alkyl halides is 1. The van der Waals surface area contributed by atoms with Gasteiger partial charge < -0.3 is 14.4 Å². The molecule has 0 spiro atoms. The van der Waals surface area contributed by atoms with Gasteiger partial charge in [-0.2, -0.15) is 0 Å². The molecule has 1 heterocycles. The van der Waals surface area contributed by atoms with Gasteiger partial charge in [0.25, 0.3) is 0 Å². The maximum atomic E-state index is 12.4. The van der Waals surface area contributed by atoms with Gasteiger partial charge in [0.1, 0.15) is 30.5 Å². The van der Waals surface area contributed by atoms with E-state index in [2.05, 4.69) is 4.98 Å². The largest absolute Gasteiger partial charge is 0.491 e. The van der Waals surface area contributed by atoms with Gasteiger partial charge in [-0.1, -0.05) is 36.4 Å². The van der Waals surface area contributed by atoms with E-state index in [1.807, 2.05) is 78.7 Å². The smallest absolute Gasteiger partial charge is 0.243 e. The van der Waals surface area contributed by atoms with Crippen molar-refractivity contribution in [3.8, 4) is 17.4 Å². The number of hydrogen-bond donors (Lipinski definition) is 0. The van der Waals surface area contributed by atoms with Crippen LogP contribution in [0.15, 0.2) is 72.9 Å². The summed E-state index contributed by atoms with van der Waals surface area (Å²) in [6.07, 6.45) is 1.70. The summed E-state index contributed by atoms with van der Waals surface area (Å²) in [6.45, 7) is 0.122. The minimum absolute atomic E-state index is 0.0516. The Kier molecular flexibility index (Phi) is 6.04. The molecule has 0 fully saturated rings. The molecule has 0 aliphatic carbocycles. The van der Waals surface area contributed by atoms with Crippen molar-refractivity contribution in [2.75, 3.05) is 25.2 Å². The monoisotopic (exact) mass is 352 g/mol. The Balaban J connectivity index is 1.80. The number of anilines is 1. The molecule has 0 bridgehead atoms. The molecule has 0 unspecified atom stereocenters. The number of pyridine rings is 1. The number of halogens is 1. The van der Waals surface area contributed by atoms with E-state index in [0.717, 1.165) is 17.0 Å². The summed E-state index contributed by atoms with van der Waals surface area (Å²) in [6, 6.07) is 21.0. The molecule has 4 nitrogen and oxygen atoms in total. The summed E-state index contributed by atoms with van der Waals surface area (Å²) in [4.78, 5) is 6.39. The molecule has 0 aliphatic rings. The zero-order valence-electron chi connectivity index (χ0n) is 14.6. The second kappa shape index (κ2) is 8.85. The van der Waals surface area contributed by atoms with Crippen molar-refractivity contribution in [3.05, 3.63) is 78.5 Å². The number of ether oxygens (including phenoxy) is 2. The summed E-state index contributed by atoms with van der Waals surface area (Å²) in [5, 5.41) is 0. The fourth-order valence-electron chi connectivity index (χ4n) is 2.62. The topological polar surface area (TPSA) is 34.6 Å². The summed E-state index contributed by atoms with van der Waals surface area (Å²) in [7, 11) is 1.96. The molecule has 3 rings (SSSR count). The average molecular weight is 352 g/mol. The van der Waals surface area contributed by atoms with Crippen molar-refractivity contribution >= 4 is 5.69 Å². The molecule has 1 aromatic heterocycles. The molecule has 0 atom stereocenters. The van der Waals surface area contributed by atoms with Crippen LogP contribution >= 0.6 is 0 Å². The fraction of sp³-hybridized carbons (Fsp3) is 0.190. The maximum Gasteiger partial charge on any atom is 0.243 e. The molecule has 0 saturated heterocycles.